The summed E-state index contributed by atoms with van der Waals surface area (Å²) in [4.78, 5) is 17.0. The summed E-state index contributed by atoms with van der Waals surface area (Å²) in [5, 5.41) is 2.21. The first kappa shape index (κ1) is 24.0. The van der Waals surface area contributed by atoms with E-state index in [0.29, 0.717) is 17.5 Å². The summed E-state index contributed by atoms with van der Waals surface area (Å²) < 4.78 is 6.25. The van der Waals surface area contributed by atoms with E-state index in [1.807, 2.05) is 97.1 Å². The van der Waals surface area contributed by atoms with Gasteiger partial charge in [0.15, 0.2) is 29.0 Å². The zero-order chi connectivity index (χ0) is 27.9. The van der Waals surface area contributed by atoms with Crippen molar-refractivity contribution in [2.75, 3.05) is 4.90 Å². The number of nitrogens with zero attached hydrogens (tertiary/aromatic N) is 4. The summed E-state index contributed by atoms with van der Waals surface area (Å²) in [5.74, 6) is 3.59. The van der Waals surface area contributed by atoms with Crippen LogP contribution in [0.5, 0.6) is 11.5 Å². The third-order valence-corrected chi connectivity index (χ3v) is 7.49. The van der Waals surface area contributed by atoms with Gasteiger partial charge >= 0.3 is 0 Å². The van der Waals surface area contributed by atoms with Crippen molar-refractivity contribution in [1.29, 1.82) is 0 Å². The van der Waals surface area contributed by atoms with Gasteiger partial charge in [0.05, 0.1) is 17.1 Å². The van der Waals surface area contributed by atoms with Crippen LogP contribution in [0.1, 0.15) is 0 Å². The number of ether oxygens (including phenoxy) is 1. The van der Waals surface area contributed by atoms with E-state index in [0.717, 1.165) is 56.0 Å². The van der Waals surface area contributed by atoms with E-state index in [-0.39, 0.29) is 0 Å². The van der Waals surface area contributed by atoms with Crippen LogP contribution in [0.4, 0.5) is 17.1 Å². The molecule has 0 N–H and O–H groups in total. The van der Waals surface area contributed by atoms with Crippen molar-refractivity contribution in [2.45, 2.75) is 0 Å². The number of hydrogen-bond donors (Lipinski definition) is 0. The minimum atomic E-state index is 0.636. The summed E-state index contributed by atoms with van der Waals surface area (Å²) in [7, 11) is 0. The summed E-state index contributed by atoms with van der Waals surface area (Å²) in [6, 6.07) is 49.2. The predicted octanol–water partition coefficient (Wildman–Crippen LogP) is 9.60. The third-order valence-electron chi connectivity index (χ3n) is 7.49. The Labute approximate surface area is 243 Å². The van der Waals surface area contributed by atoms with Gasteiger partial charge in [-0.15, -0.1) is 0 Å². The molecule has 1 aromatic heterocycles. The molecular formula is C37H24N4O. The topological polar surface area (TPSA) is 51.1 Å². The number of aromatic nitrogens is 3. The second-order valence-electron chi connectivity index (χ2n) is 10.1. The smallest absolute Gasteiger partial charge is 0.164 e. The van der Waals surface area contributed by atoms with Gasteiger partial charge in [-0.3, -0.25) is 0 Å². The fourth-order valence-electron chi connectivity index (χ4n) is 5.50. The van der Waals surface area contributed by atoms with E-state index in [4.69, 9.17) is 19.7 Å². The lowest BCUT2D eigenvalue weighted by Gasteiger charge is -2.33. The maximum atomic E-state index is 6.25. The molecule has 1 aliphatic rings. The molecule has 42 heavy (non-hydrogen) atoms. The average Bonchev–Trinajstić information content (AvgIpc) is 3.07. The molecule has 8 rings (SSSR count). The minimum absolute atomic E-state index is 0.636. The Morgan fingerprint density at radius 3 is 1.50 bits per heavy atom. The van der Waals surface area contributed by atoms with Crippen LogP contribution in [0, 0.1) is 0 Å². The van der Waals surface area contributed by atoms with E-state index < -0.39 is 0 Å². The highest BCUT2D eigenvalue weighted by atomic mass is 16.5. The molecule has 0 fully saturated rings. The van der Waals surface area contributed by atoms with Gasteiger partial charge in [-0.05, 0) is 41.8 Å². The molecule has 2 heterocycles. The molecule has 0 unspecified atom stereocenters. The second kappa shape index (κ2) is 9.98. The summed E-state index contributed by atoms with van der Waals surface area (Å²) in [6.07, 6.45) is 0. The fraction of sp³-hybridized carbons (Fsp3) is 0. The highest BCUT2D eigenvalue weighted by molar-refractivity contribution is 6.02. The second-order valence-corrected chi connectivity index (χ2v) is 10.1. The Hall–Kier alpha value is -5.81. The van der Waals surface area contributed by atoms with Crippen molar-refractivity contribution >= 4 is 27.8 Å². The number of hydrogen-bond acceptors (Lipinski definition) is 5. The summed E-state index contributed by atoms with van der Waals surface area (Å²) in [5.41, 5.74) is 5.92. The molecule has 5 heteroatoms. The maximum Gasteiger partial charge on any atom is 0.164 e. The highest BCUT2D eigenvalue weighted by Gasteiger charge is 2.26. The molecule has 0 aliphatic carbocycles. The molecule has 0 radical (unpaired) electrons. The third kappa shape index (κ3) is 4.16. The Balaban J connectivity index is 1.29. The van der Waals surface area contributed by atoms with Crippen LogP contribution < -0.4 is 9.64 Å². The van der Waals surface area contributed by atoms with Crippen LogP contribution >= 0.6 is 0 Å². The van der Waals surface area contributed by atoms with Crippen LogP contribution in [-0.4, -0.2) is 15.0 Å². The molecule has 0 saturated heterocycles. The number of fused-ring (bicyclic) bond motifs is 3. The van der Waals surface area contributed by atoms with E-state index >= 15 is 0 Å². The Morgan fingerprint density at radius 1 is 0.405 bits per heavy atom. The van der Waals surface area contributed by atoms with Gasteiger partial charge in [0.25, 0.3) is 0 Å². The van der Waals surface area contributed by atoms with Crippen molar-refractivity contribution in [1.82, 2.24) is 15.0 Å². The number of benzene rings is 6. The lowest BCUT2D eigenvalue weighted by atomic mass is 10.0. The molecule has 198 valence electrons. The molecule has 1 aliphatic heterocycles. The number of rotatable bonds is 4. The van der Waals surface area contributed by atoms with Crippen molar-refractivity contribution < 1.29 is 4.74 Å². The quantitative estimate of drug-likeness (QED) is 0.222. The first-order chi connectivity index (χ1) is 20.8. The van der Waals surface area contributed by atoms with Gasteiger partial charge in [0.2, 0.25) is 0 Å². The Morgan fingerprint density at radius 2 is 0.905 bits per heavy atom. The average molecular weight is 541 g/mol. The molecule has 0 amide bonds. The first-order valence-corrected chi connectivity index (χ1v) is 13.9. The van der Waals surface area contributed by atoms with Crippen molar-refractivity contribution in [3.8, 4) is 45.7 Å². The normalized spacial score (nSPS) is 12.0. The molecule has 0 spiro atoms. The largest absolute Gasteiger partial charge is 0.453 e. The molecule has 6 aromatic carbocycles. The monoisotopic (exact) mass is 540 g/mol. The van der Waals surface area contributed by atoms with Gasteiger partial charge in [-0.2, -0.15) is 0 Å². The minimum Gasteiger partial charge on any atom is -0.453 e. The fourth-order valence-corrected chi connectivity index (χ4v) is 5.50. The number of anilines is 3. The Bertz CT molecular complexity index is 1970. The molecule has 7 aromatic rings. The molecule has 5 nitrogen and oxygen atoms in total. The van der Waals surface area contributed by atoms with Crippen LogP contribution in [0.3, 0.4) is 0 Å². The van der Waals surface area contributed by atoms with Gasteiger partial charge < -0.3 is 9.64 Å². The SMILES string of the molecule is c1ccc(-c2nc(-c3ccccc3)nc(-c3ccc4c(N5c6ccccc6Oc6ccccc65)cccc4c3)n2)cc1. The van der Waals surface area contributed by atoms with Gasteiger partial charge in [-0.1, -0.05) is 109 Å². The van der Waals surface area contributed by atoms with E-state index in [1.54, 1.807) is 0 Å². The van der Waals surface area contributed by atoms with E-state index in [2.05, 4.69) is 53.4 Å². The lowest BCUT2D eigenvalue weighted by Crippen LogP contribution is -2.15. The van der Waals surface area contributed by atoms with Crippen molar-refractivity contribution in [3.63, 3.8) is 0 Å². The highest BCUT2D eigenvalue weighted by Crippen LogP contribution is 2.51. The molecule has 0 atom stereocenters. The Kier molecular flexibility index (Phi) is 5.71. The molecular weight excluding hydrogens is 516 g/mol. The van der Waals surface area contributed by atoms with Crippen LogP contribution in [0.2, 0.25) is 0 Å². The van der Waals surface area contributed by atoms with Gasteiger partial charge in [0.1, 0.15) is 0 Å². The van der Waals surface area contributed by atoms with Crippen molar-refractivity contribution in [2.24, 2.45) is 0 Å². The van der Waals surface area contributed by atoms with E-state index in [1.165, 1.54) is 0 Å². The molecule has 0 bridgehead atoms. The summed E-state index contributed by atoms with van der Waals surface area (Å²) in [6.45, 7) is 0. The van der Waals surface area contributed by atoms with Crippen molar-refractivity contribution in [3.05, 3.63) is 146 Å². The van der Waals surface area contributed by atoms with Crippen LogP contribution in [0.25, 0.3) is 44.9 Å². The van der Waals surface area contributed by atoms with Crippen LogP contribution in [0.15, 0.2) is 146 Å². The summed E-state index contributed by atoms with van der Waals surface area (Å²) >= 11 is 0. The zero-order valence-corrected chi connectivity index (χ0v) is 22.6. The standard InChI is InChI=1S/C37H24N4O/c1-3-12-25(13-4-1)35-38-36(26-14-5-2-6-15-26)40-37(39-35)28-22-23-29-27(24-28)16-11-19-30(29)41-31-17-7-9-20-33(31)42-34-21-10-8-18-32(34)41/h1-24H. The maximum absolute atomic E-state index is 6.25. The van der Waals surface area contributed by atoms with E-state index in [9.17, 15) is 0 Å². The lowest BCUT2D eigenvalue weighted by molar-refractivity contribution is 0.477. The molecule has 0 saturated carbocycles. The zero-order valence-electron chi connectivity index (χ0n) is 22.6. The van der Waals surface area contributed by atoms with Crippen LogP contribution in [-0.2, 0) is 0 Å². The van der Waals surface area contributed by atoms with Gasteiger partial charge in [0, 0.05) is 22.1 Å². The predicted molar refractivity (Wildman–Crippen MR) is 168 cm³/mol. The van der Waals surface area contributed by atoms with Gasteiger partial charge in [-0.25, -0.2) is 15.0 Å². The number of para-hydroxylation sites is 4. The first-order valence-electron chi connectivity index (χ1n) is 13.9.